The zero-order valence-electron chi connectivity index (χ0n) is 16.0. The van der Waals surface area contributed by atoms with Gasteiger partial charge in [0.1, 0.15) is 5.75 Å². The van der Waals surface area contributed by atoms with Gasteiger partial charge in [0.25, 0.3) is 0 Å². The van der Waals surface area contributed by atoms with E-state index in [1.165, 1.54) is 63.4 Å². The van der Waals surface area contributed by atoms with Crippen LogP contribution in [0.25, 0.3) is 0 Å². The molecule has 0 aliphatic carbocycles. The molecule has 0 spiro atoms. The van der Waals surface area contributed by atoms with Crippen molar-refractivity contribution >= 4 is 8.80 Å². The summed E-state index contributed by atoms with van der Waals surface area (Å²) in [6, 6.07) is 13.5. The molecule has 1 aliphatic rings. The average Bonchev–Trinajstić information content (AvgIpc) is 2.62. The lowest BCUT2D eigenvalue weighted by atomic mass is 9.94. The Kier molecular flexibility index (Phi) is 9.56. The van der Waals surface area contributed by atoms with Crippen molar-refractivity contribution in [2.45, 2.75) is 89.8 Å². The molecule has 0 atom stereocenters. The van der Waals surface area contributed by atoms with Gasteiger partial charge in [-0.15, -0.1) is 0 Å². The zero-order chi connectivity index (χ0) is 17.0. The number of rotatable bonds is 11. The molecule has 0 saturated carbocycles. The van der Waals surface area contributed by atoms with Gasteiger partial charge >= 0.3 is 0 Å². The van der Waals surface area contributed by atoms with E-state index in [-0.39, 0.29) is 8.80 Å². The number of benzene rings is 1. The summed E-state index contributed by atoms with van der Waals surface area (Å²) in [5, 5.41) is 0. The number of ether oxygens (including phenoxy) is 1. The predicted molar refractivity (Wildman–Crippen MR) is 108 cm³/mol. The maximum atomic E-state index is 5.52. The van der Waals surface area contributed by atoms with E-state index < -0.39 is 0 Å². The maximum Gasteiger partial charge on any atom is 0.119 e. The van der Waals surface area contributed by atoms with Crippen LogP contribution in [-0.2, 0) is 6.42 Å². The van der Waals surface area contributed by atoms with Gasteiger partial charge in [0, 0.05) is 8.80 Å². The highest BCUT2D eigenvalue weighted by Crippen LogP contribution is 2.31. The first-order valence-corrected chi connectivity index (χ1v) is 12.5. The Bertz CT molecular complexity index is 420. The topological polar surface area (TPSA) is 9.23 Å². The molecule has 0 N–H and O–H groups in total. The van der Waals surface area contributed by atoms with Crippen molar-refractivity contribution in [3.05, 3.63) is 29.8 Å². The first-order chi connectivity index (χ1) is 11.8. The second-order valence-electron chi connectivity index (χ2n) is 7.47. The van der Waals surface area contributed by atoms with Crippen LogP contribution in [0, 0.1) is 5.92 Å². The van der Waals surface area contributed by atoms with Gasteiger partial charge < -0.3 is 4.74 Å². The minimum absolute atomic E-state index is 0.0221. The molecule has 2 heteroatoms. The van der Waals surface area contributed by atoms with Crippen LogP contribution in [-0.4, -0.2) is 15.4 Å². The predicted octanol–water partition coefficient (Wildman–Crippen LogP) is 6.89. The summed E-state index contributed by atoms with van der Waals surface area (Å²) in [7, 11) is 0.0221. The molecule has 1 saturated heterocycles. The van der Waals surface area contributed by atoms with Gasteiger partial charge in [-0.3, -0.25) is 0 Å². The average molecular weight is 346 g/mol. The van der Waals surface area contributed by atoms with Crippen molar-refractivity contribution < 1.29 is 4.74 Å². The van der Waals surface area contributed by atoms with Crippen LogP contribution >= 0.6 is 0 Å². The fraction of sp³-hybridized carbons (Fsp3) is 0.727. The summed E-state index contributed by atoms with van der Waals surface area (Å²) in [5.41, 5.74) is 1.48. The number of unbranched alkanes of at least 4 members (excludes halogenated alkanes) is 4. The van der Waals surface area contributed by atoms with Crippen LogP contribution < -0.4 is 4.74 Å². The third-order valence-electron chi connectivity index (χ3n) is 5.52. The van der Waals surface area contributed by atoms with Crippen LogP contribution in [0.2, 0.25) is 18.1 Å². The van der Waals surface area contributed by atoms with E-state index in [0.717, 1.165) is 18.3 Å². The van der Waals surface area contributed by atoms with Crippen molar-refractivity contribution in [3.63, 3.8) is 0 Å². The molecule has 1 aliphatic heterocycles. The minimum Gasteiger partial charge on any atom is -0.494 e. The molecule has 2 rings (SSSR count). The van der Waals surface area contributed by atoms with Gasteiger partial charge in [0.2, 0.25) is 0 Å². The van der Waals surface area contributed by atoms with E-state index in [4.69, 9.17) is 4.74 Å². The monoisotopic (exact) mass is 345 g/mol. The summed E-state index contributed by atoms with van der Waals surface area (Å²) in [6.07, 6.45) is 12.9. The third kappa shape index (κ3) is 7.42. The second kappa shape index (κ2) is 11.7. The molecule has 1 aromatic rings. The van der Waals surface area contributed by atoms with Crippen molar-refractivity contribution in [1.82, 2.24) is 0 Å². The van der Waals surface area contributed by atoms with Gasteiger partial charge in [-0.1, -0.05) is 82.1 Å². The van der Waals surface area contributed by atoms with E-state index in [9.17, 15) is 0 Å². The van der Waals surface area contributed by atoms with E-state index in [1.54, 1.807) is 18.1 Å². The Hall–Kier alpha value is -0.763. The highest BCUT2D eigenvalue weighted by Gasteiger charge is 2.21. The fourth-order valence-electron chi connectivity index (χ4n) is 3.89. The number of hydrogen-bond acceptors (Lipinski definition) is 1. The maximum absolute atomic E-state index is 5.52. The van der Waals surface area contributed by atoms with E-state index >= 15 is 0 Å². The molecule has 1 nitrogen and oxygen atoms in total. The fourth-order valence-corrected chi connectivity index (χ4v) is 7.03. The summed E-state index contributed by atoms with van der Waals surface area (Å²) in [6.45, 7) is 5.10. The highest BCUT2D eigenvalue weighted by molar-refractivity contribution is 6.58. The lowest BCUT2D eigenvalue weighted by Crippen LogP contribution is -2.21. The molecule has 0 bridgehead atoms. The lowest BCUT2D eigenvalue weighted by Gasteiger charge is -2.27. The quantitative estimate of drug-likeness (QED) is 0.313. The Morgan fingerprint density at radius 3 is 2.33 bits per heavy atom. The molecule has 1 fully saturated rings. The van der Waals surface area contributed by atoms with Crippen LogP contribution in [0.5, 0.6) is 5.75 Å². The summed E-state index contributed by atoms with van der Waals surface area (Å²) < 4.78 is 5.52. The van der Waals surface area contributed by atoms with E-state index in [0.29, 0.717) is 0 Å². The van der Waals surface area contributed by atoms with Crippen LogP contribution in [0.1, 0.15) is 70.8 Å². The molecule has 0 unspecified atom stereocenters. The molecule has 0 amide bonds. The zero-order valence-corrected chi connectivity index (χ0v) is 17.0. The second-order valence-corrected chi connectivity index (χ2v) is 10.5. The van der Waals surface area contributed by atoms with Crippen molar-refractivity contribution in [3.8, 4) is 5.75 Å². The van der Waals surface area contributed by atoms with Gasteiger partial charge in [-0.2, -0.15) is 0 Å². The summed E-state index contributed by atoms with van der Waals surface area (Å²) in [5.74, 6) is 2.00. The van der Waals surface area contributed by atoms with Crippen LogP contribution in [0.4, 0.5) is 0 Å². The lowest BCUT2D eigenvalue weighted by molar-refractivity contribution is 0.340. The van der Waals surface area contributed by atoms with Gasteiger partial charge in [0.15, 0.2) is 0 Å². The number of hydrogen-bond donors (Lipinski definition) is 0. The Labute approximate surface area is 151 Å². The Morgan fingerprint density at radius 1 is 0.958 bits per heavy atom. The molecule has 1 radical (unpaired) electrons. The molecular weight excluding hydrogens is 308 g/mol. The van der Waals surface area contributed by atoms with E-state index in [1.807, 2.05) is 6.92 Å². The molecule has 135 valence electrons. The summed E-state index contributed by atoms with van der Waals surface area (Å²) in [4.78, 5) is 0. The molecule has 1 aromatic carbocycles. The highest BCUT2D eigenvalue weighted by atomic mass is 28.3. The SMILES string of the molecule is CCCCCCC[Si]1CCC(CCc2ccc(OCC)cc2)CC1. The Balaban J connectivity index is 1.57. The number of aryl methyl sites for hydroxylation is 1. The van der Waals surface area contributed by atoms with Gasteiger partial charge in [-0.25, -0.2) is 0 Å². The third-order valence-corrected chi connectivity index (χ3v) is 8.57. The molecule has 0 aromatic heterocycles. The molecule has 24 heavy (non-hydrogen) atoms. The van der Waals surface area contributed by atoms with Crippen LogP contribution in [0.15, 0.2) is 24.3 Å². The van der Waals surface area contributed by atoms with Gasteiger partial charge in [-0.05, 0) is 43.4 Å². The molecular formula is C22H37OSi. The molecule has 1 heterocycles. The smallest absolute Gasteiger partial charge is 0.119 e. The van der Waals surface area contributed by atoms with Crippen molar-refractivity contribution in [1.29, 1.82) is 0 Å². The van der Waals surface area contributed by atoms with Gasteiger partial charge in [0.05, 0.1) is 6.61 Å². The van der Waals surface area contributed by atoms with Crippen molar-refractivity contribution in [2.75, 3.05) is 6.61 Å². The van der Waals surface area contributed by atoms with Crippen LogP contribution in [0.3, 0.4) is 0 Å². The minimum atomic E-state index is 0.0221. The standard InChI is InChI=1S/C22H37OSi/c1-3-5-6-7-8-17-24-18-15-21(16-19-24)10-9-20-11-13-22(14-12-20)23-4-2/h11-14,21H,3-10,15-19H2,1-2H3. The Morgan fingerprint density at radius 2 is 1.67 bits per heavy atom. The van der Waals surface area contributed by atoms with E-state index in [2.05, 4.69) is 31.2 Å². The van der Waals surface area contributed by atoms with Crippen molar-refractivity contribution in [2.24, 2.45) is 5.92 Å². The first kappa shape index (κ1) is 19.6. The summed E-state index contributed by atoms with van der Waals surface area (Å²) >= 11 is 0. The normalized spacial score (nSPS) is 16.4. The largest absolute Gasteiger partial charge is 0.494 e. The first-order valence-electron chi connectivity index (χ1n) is 10.4.